The van der Waals surface area contributed by atoms with E-state index in [0.29, 0.717) is 17.1 Å². The second kappa shape index (κ2) is 9.68. The Kier molecular flexibility index (Phi) is 7.31. The van der Waals surface area contributed by atoms with Gasteiger partial charge in [-0.25, -0.2) is 0 Å². The topological polar surface area (TPSA) is 79.5 Å². The third-order valence-electron chi connectivity index (χ3n) is 3.56. The van der Waals surface area contributed by atoms with Crippen LogP contribution >= 0.6 is 12.2 Å². The second-order valence-corrected chi connectivity index (χ2v) is 6.74. The van der Waals surface area contributed by atoms with E-state index >= 15 is 0 Å². The predicted molar refractivity (Wildman–Crippen MR) is 111 cm³/mol. The minimum atomic E-state index is -0.364. The monoisotopic (exact) mass is 385 g/mol. The Balaban J connectivity index is 1.83. The highest BCUT2D eigenvalue weighted by Crippen LogP contribution is 2.16. The molecule has 7 heteroatoms. The fourth-order valence-corrected chi connectivity index (χ4v) is 2.30. The molecule has 0 heterocycles. The smallest absolute Gasteiger partial charge is 0.264 e. The quantitative estimate of drug-likeness (QED) is 0.664. The Morgan fingerprint density at radius 1 is 1.04 bits per heavy atom. The minimum Gasteiger partial charge on any atom is -0.484 e. The molecule has 3 N–H and O–H groups in total. The van der Waals surface area contributed by atoms with Crippen LogP contribution in [-0.4, -0.2) is 23.5 Å². The van der Waals surface area contributed by atoms with Gasteiger partial charge in [0, 0.05) is 17.3 Å². The maximum Gasteiger partial charge on any atom is 0.264 e. The van der Waals surface area contributed by atoms with Crippen LogP contribution in [0.2, 0.25) is 0 Å². The lowest BCUT2D eigenvalue weighted by Gasteiger charge is -2.12. The number of carbonyl (C=O) groups is 2. The molecule has 2 amide bonds. The van der Waals surface area contributed by atoms with Crippen LogP contribution in [0.1, 0.15) is 19.4 Å². The first-order valence-electron chi connectivity index (χ1n) is 8.54. The molecule has 2 aromatic carbocycles. The number of thiocarbonyl (C=S) groups is 1. The minimum absolute atomic E-state index is 0.0729. The molecule has 0 bridgehead atoms. The molecule has 0 aliphatic carbocycles. The Morgan fingerprint density at radius 2 is 1.67 bits per heavy atom. The summed E-state index contributed by atoms with van der Waals surface area (Å²) in [5.74, 6) is 0.0624. The first-order chi connectivity index (χ1) is 12.8. The van der Waals surface area contributed by atoms with Crippen molar-refractivity contribution in [1.29, 1.82) is 0 Å². The molecule has 0 fully saturated rings. The second-order valence-electron chi connectivity index (χ2n) is 6.33. The predicted octanol–water partition coefficient (Wildman–Crippen LogP) is 3.48. The zero-order valence-corrected chi connectivity index (χ0v) is 16.4. The highest BCUT2D eigenvalue weighted by molar-refractivity contribution is 7.80. The molecule has 142 valence electrons. The normalized spacial score (nSPS) is 10.2. The Bertz CT molecular complexity index is 819. The van der Waals surface area contributed by atoms with Crippen LogP contribution in [0.5, 0.6) is 5.75 Å². The van der Waals surface area contributed by atoms with E-state index in [0.717, 1.165) is 5.56 Å². The van der Waals surface area contributed by atoms with Crippen LogP contribution in [-0.2, 0) is 9.59 Å². The number of carbonyl (C=O) groups excluding carboxylic acids is 2. The van der Waals surface area contributed by atoms with E-state index in [1.165, 1.54) is 0 Å². The van der Waals surface area contributed by atoms with Crippen LogP contribution in [0.25, 0.3) is 0 Å². The van der Waals surface area contributed by atoms with E-state index in [4.69, 9.17) is 17.0 Å². The van der Waals surface area contributed by atoms with Crippen LogP contribution in [0.4, 0.5) is 11.4 Å². The summed E-state index contributed by atoms with van der Waals surface area (Å²) >= 11 is 5.15. The molecule has 27 heavy (non-hydrogen) atoms. The van der Waals surface area contributed by atoms with Crippen molar-refractivity contribution < 1.29 is 14.3 Å². The van der Waals surface area contributed by atoms with Crippen molar-refractivity contribution >= 4 is 40.5 Å². The molecule has 0 aliphatic heterocycles. The molecule has 0 spiro atoms. The maximum atomic E-state index is 12.0. The zero-order valence-electron chi connectivity index (χ0n) is 15.5. The van der Waals surface area contributed by atoms with E-state index in [1.54, 1.807) is 36.4 Å². The van der Waals surface area contributed by atoms with E-state index in [2.05, 4.69) is 16.0 Å². The Labute approximate surface area is 164 Å². The third-order valence-corrected chi connectivity index (χ3v) is 3.76. The van der Waals surface area contributed by atoms with Gasteiger partial charge in [0.25, 0.3) is 5.91 Å². The molecule has 0 aromatic heterocycles. The van der Waals surface area contributed by atoms with Crippen molar-refractivity contribution in [2.75, 3.05) is 17.2 Å². The number of anilines is 2. The summed E-state index contributed by atoms with van der Waals surface area (Å²) in [6, 6.07) is 14.5. The van der Waals surface area contributed by atoms with Crippen molar-refractivity contribution in [1.82, 2.24) is 5.32 Å². The lowest BCUT2D eigenvalue weighted by atomic mass is 10.2. The first-order valence-corrected chi connectivity index (χ1v) is 8.95. The number of aryl methyl sites for hydroxylation is 1. The van der Waals surface area contributed by atoms with Crippen molar-refractivity contribution in [2.24, 2.45) is 5.92 Å². The molecule has 0 saturated heterocycles. The number of nitrogens with one attached hydrogen (secondary N) is 3. The third kappa shape index (κ3) is 7.07. The van der Waals surface area contributed by atoms with Gasteiger partial charge in [0.2, 0.25) is 5.91 Å². The number of hydrogen-bond acceptors (Lipinski definition) is 4. The number of amides is 2. The molecular weight excluding hydrogens is 362 g/mol. The summed E-state index contributed by atoms with van der Waals surface area (Å²) in [6.45, 7) is 5.47. The Hall–Kier alpha value is -2.93. The summed E-state index contributed by atoms with van der Waals surface area (Å²) in [5.41, 5.74) is 2.42. The van der Waals surface area contributed by atoms with Crippen molar-refractivity contribution in [3.8, 4) is 5.75 Å². The zero-order chi connectivity index (χ0) is 19.8. The molecular formula is C20H23N3O3S. The van der Waals surface area contributed by atoms with Crippen molar-refractivity contribution in [2.45, 2.75) is 20.8 Å². The summed E-state index contributed by atoms with van der Waals surface area (Å²) in [5, 5.41) is 8.43. The summed E-state index contributed by atoms with van der Waals surface area (Å²) in [7, 11) is 0. The fraction of sp³-hybridized carbons (Fsp3) is 0.250. The van der Waals surface area contributed by atoms with Gasteiger partial charge in [-0.2, -0.15) is 0 Å². The Morgan fingerprint density at radius 3 is 2.30 bits per heavy atom. The SMILES string of the molecule is Cc1ccc(OCC(=O)NC(=S)Nc2cccc(NC(=O)C(C)C)c2)cc1. The molecule has 2 rings (SSSR count). The van der Waals surface area contributed by atoms with Gasteiger partial charge in [-0.3, -0.25) is 14.9 Å². The van der Waals surface area contributed by atoms with Gasteiger partial charge in [-0.05, 0) is 49.5 Å². The van der Waals surface area contributed by atoms with E-state index in [-0.39, 0.29) is 29.5 Å². The molecule has 0 aliphatic rings. The molecule has 0 atom stereocenters. The van der Waals surface area contributed by atoms with E-state index in [9.17, 15) is 9.59 Å². The van der Waals surface area contributed by atoms with Gasteiger partial charge >= 0.3 is 0 Å². The van der Waals surface area contributed by atoms with Gasteiger partial charge in [-0.15, -0.1) is 0 Å². The molecule has 0 unspecified atom stereocenters. The molecule has 0 saturated carbocycles. The number of benzene rings is 2. The highest BCUT2D eigenvalue weighted by atomic mass is 32.1. The standard InChI is InChI=1S/C20H23N3O3S/c1-13(2)19(25)21-15-5-4-6-16(11-15)22-20(27)23-18(24)12-26-17-9-7-14(3)8-10-17/h4-11,13H,12H2,1-3H3,(H,21,25)(H2,22,23,24,27). The summed E-state index contributed by atoms with van der Waals surface area (Å²) in [4.78, 5) is 23.7. The van der Waals surface area contributed by atoms with Crippen molar-refractivity contribution in [3.05, 3.63) is 54.1 Å². The van der Waals surface area contributed by atoms with Crippen LogP contribution in [0, 0.1) is 12.8 Å². The molecule has 6 nitrogen and oxygen atoms in total. The lowest BCUT2D eigenvalue weighted by Crippen LogP contribution is -2.37. The van der Waals surface area contributed by atoms with Gasteiger partial charge in [0.15, 0.2) is 11.7 Å². The summed E-state index contributed by atoms with van der Waals surface area (Å²) < 4.78 is 5.41. The van der Waals surface area contributed by atoms with Crippen molar-refractivity contribution in [3.63, 3.8) is 0 Å². The van der Waals surface area contributed by atoms with Gasteiger partial charge < -0.3 is 15.4 Å². The first kappa shape index (κ1) is 20.4. The van der Waals surface area contributed by atoms with Crippen LogP contribution < -0.4 is 20.7 Å². The number of ether oxygens (including phenoxy) is 1. The average molecular weight is 385 g/mol. The highest BCUT2D eigenvalue weighted by Gasteiger charge is 2.09. The fourth-order valence-electron chi connectivity index (χ4n) is 2.07. The van der Waals surface area contributed by atoms with Gasteiger partial charge in [0.1, 0.15) is 5.75 Å². The average Bonchev–Trinajstić information content (AvgIpc) is 2.61. The molecule has 2 aromatic rings. The lowest BCUT2D eigenvalue weighted by molar-refractivity contribution is -0.121. The van der Waals surface area contributed by atoms with Gasteiger partial charge in [0.05, 0.1) is 0 Å². The van der Waals surface area contributed by atoms with E-state index < -0.39 is 0 Å². The van der Waals surface area contributed by atoms with Crippen LogP contribution in [0.3, 0.4) is 0 Å². The molecule has 0 radical (unpaired) electrons. The maximum absolute atomic E-state index is 12.0. The summed E-state index contributed by atoms with van der Waals surface area (Å²) in [6.07, 6.45) is 0. The number of rotatable bonds is 6. The number of hydrogen-bond donors (Lipinski definition) is 3. The largest absolute Gasteiger partial charge is 0.484 e. The van der Waals surface area contributed by atoms with E-state index in [1.807, 2.05) is 32.9 Å². The van der Waals surface area contributed by atoms with Gasteiger partial charge in [-0.1, -0.05) is 37.6 Å². The van der Waals surface area contributed by atoms with Crippen LogP contribution in [0.15, 0.2) is 48.5 Å².